The van der Waals surface area contributed by atoms with Crippen molar-refractivity contribution in [2.75, 3.05) is 14.2 Å². The van der Waals surface area contributed by atoms with E-state index in [-0.39, 0.29) is 12.5 Å². The van der Waals surface area contributed by atoms with Crippen LogP contribution in [0.25, 0.3) is 0 Å². The molecule has 0 aliphatic rings. The van der Waals surface area contributed by atoms with Crippen LogP contribution in [0.3, 0.4) is 0 Å². The maximum absolute atomic E-state index is 12.3. The number of ether oxygens (including phenoxy) is 3. The SMILES string of the molecule is COc1cccc(C(=O)N/N=C\c2cc(I)c(OCc3ccc(Cl)cc3Cl)c(OC)c2)c1. The number of nitrogens with one attached hydrogen (secondary N) is 1. The number of nitrogens with zero attached hydrogens (tertiary/aromatic N) is 1. The second-order valence-corrected chi connectivity index (χ2v) is 8.50. The molecule has 32 heavy (non-hydrogen) atoms. The summed E-state index contributed by atoms with van der Waals surface area (Å²) in [4.78, 5) is 12.3. The summed E-state index contributed by atoms with van der Waals surface area (Å²) in [5.41, 5.74) is 4.48. The molecule has 6 nitrogen and oxygen atoms in total. The van der Waals surface area contributed by atoms with Gasteiger partial charge in [0.2, 0.25) is 0 Å². The molecule has 0 bridgehead atoms. The monoisotopic (exact) mass is 584 g/mol. The van der Waals surface area contributed by atoms with Crippen LogP contribution in [-0.4, -0.2) is 26.3 Å². The number of benzene rings is 3. The quantitative estimate of drug-likeness (QED) is 0.202. The van der Waals surface area contributed by atoms with Gasteiger partial charge in [0.05, 0.1) is 24.0 Å². The van der Waals surface area contributed by atoms with Crippen molar-refractivity contribution in [2.45, 2.75) is 6.61 Å². The van der Waals surface area contributed by atoms with E-state index in [0.29, 0.717) is 32.9 Å². The fourth-order valence-corrected chi connectivity index (χ4v) is 3.98. The van der Waals surface area contributed by atoms with E-state index in [9.17, 15) is 4.79 Å². The van der Waals surface area contributed by atoms with E-state index in [1.54, 1.807) is 56.7 Å². The van der Waals surface area contributed by atoms with Gasteiger partial charge >= 0.3 is 0 Å². The van der Waals surface area contributed by atoms with Crippen LogP contribution in [0.2, 0.25) is 10.0 Å². The van der Waals surface area contributed by atoms with E-state index in [1.807, 2.05) is 12.1 Å². The predicted octanol–water partition coefficient (Wildman–Crippen LogP) is 5.96. The van der Waals surface area contributed by atoms with Crippen LogP contribution in [-0.2, 0) is 6.61 Å². The molecule has 0 heterocycles. The molecule has 3 rings (SSSR count). The Labute approximate surface area is 209 Å². The van der Waals surface area contributed by atoms with Gasteiger partial charge in [-0.3, -0.25) is 4.79 Å². The van der Waals surface area contributed by atoms with Crippen molar-refractivity contribution < 1.29 is 19.0 Å². The second kappa shape index (κ2) is 11.4. The Morgan fingerprint density at radius 3 is 2.62 bits per heavy atom. The normalized spacial score (nSPS) is 10.8. The lowest BCUT2D eigenvalue weighted by Crippen LogP contribution is -2.17. The van der Waals surface area contributed by atoms with Crippen LogP contribution in [0, 0.1) is 3.57 Å². The molecule has 166 valence electrons. The van der Waals surface area contributed by atoms with Gasteiger partial charge in [-0.1, -0.05) is 35.3 Å². The highest BCUT2D eigenvalue weighted by atomic mass is 127. The molecule has 0 spiro atoms. The summed E-state index contributed by atoms with van der Waals surface area (Å²) in [5, 5.41) is 5.13. The van der Waals surface area contributed by atoms with Crippen molar-refractivity contribution in [3.05, 3.63) is 84.9 Å². The van der Waals surface area contributed by atoms with Gasteiger partial charge in [-0.05, 0) is 70.6 Å². The summed E-state index contributed by atoms with van der Waals surface area (Å²) in [7, 11) is 3.10. The molecular formula is C23H19Cl2IN2O4. The van der Waals surface area contributed by atoms with Crippen molar-refractivity contribution in [3.8, 4) is 17.2 Å². The van der Waals surface area contributed by atoms with Gasteiger partial charge in [-0.2, -0.15) is 5.10 Å². The van der Waals surface area contributed by atoms with Gasteiger partial charge in [-0.25, -0.2) is 5.43 Å². The summed E-state index contributed by atoms with van der Waals surface area (Å²) < 4.78 is 17.4. The summed E-state index contributed by atoms with van der Waals surface area (Å²) in [6, 6.07) is 15.7. The van der Waals surface area contributed by atoms with Crippen LogP contribution >= 0.6 is 45.8 Å². The highest BCUT2D eigenvalue weighted by Crippen LogP contribution is 2.35. The van der Waals surface area contributed by atoms with Crippen molar-refractivity contribution >= 4 is 57.9 Å². The largest absolute Gasteiger partial charge is 0.497 e. The number of carbonyl (C=O) groups excluding carboxylic acids is 1. The third-order valence-corrected chi connectivity index (χ3v) is 5.74. The molecule has 3 aromatic rings. The van der Waals surface area contributed by atoms with Crippen LogP contribution in [0.1, 0.15) is 21.5 Å². The van der Waals surface area contributed by atoms with Gasteiger partial charge < -0.3 is 14.2 Å². The van der Waals surface area contributed by atoms with Gasteiger partial charge in [0, 0.05) is 21.2 Å². The topological polar surface area (TPSA) is 69.2 Å². The molecule has 0 unspecified atom stereocenters. The van der Waals surface area contributed by atoms with E-state index in [0.717, 1.165) is 14.7 Å². The number of hydrazone groups is 1. The lowest BCUT2D eigenvalue weighted by molar-refractivity contribution is 0.0955. The summed E-state index contributed by atoms with van der Waals surface area (Å²) in [5.74, 6) is 1.36. The Kier molecular flexibility index (Phi) is 8.60. The Balaban J connectivity index is 1.70. The smallest absolute Gasteiger partial charge is 0.271 e. The van der Waals surface area contributed by atoms with E-state index in [2.05, 4.69) is 33.1 Å². The van der Waals surface area contributed by atoms with Gasteiger partial charge in [-0.15, -0.1) is 0 Å². The van der Waals surface area contributed by atoms with Crippen molar-refractivity contribution in [2.24, 2.45) is 5.10 Å². The molecular weight excluding hydrogens is 566 g/mol. The Morgan fingerprint density at radius 2 is 1.91 bits per heavy atom. The number of carbonyl (C=O) groups is 1. The van der Waals surface area contributed by atoms with Crippen molar-refractivity contribution in [1.29, 1.82) is 0 Å². The molecule has 3 aromatic carbocycles. The zero-order valence-corrected chi connectivity index (χ0v) is 20.9. The predicted molar refractivity (Wildman–Crippen MR) is 135 cm³/mol. The summed E-state index contributed by atoms with van der Waals surface area (Å²) in [6.07, 6.45) is 1.53. The number of halogens is 3. The molecule has 9 heteroatoms. The molecule has 0 aliphatic carbocycles. The third kappa shape index (κ3) is 6.27. The first-order valence-electron chi connectivity index (χ1n) is 9.33. The zero-order valence-electron chi connectivity index (χ0n) is 17.2. The molecule has 0 radical (unpaired) electrons. The summed E-state index contributed by atoms with van der Waals surface area (Å²) in [6.45, 7) is 0.256. The minimum atomic E-state index is -0.346. The first-order chi connectivity index (χ1) is 15.4. The van der Waals surface area contributed by atoms with E-state index in [1.165, 1.54) is 6.21 Å². The van der Waals surface area contributed by atoms with E-state index >= 15 is 0 Å². The molecule has 0 atom stereocenters. The molecule has 1 amide bonds. The first-order valence-corrected chi connectivity index (χ1v) is 11.2. The average molecular weight is 585 g/mol. The van der Waals surface area contributed by atoms with Crippen molar-refractivity contribution in [1.82, 2.24) is 5.43 Å². The average Bonchev–Trinajstić information content (AvgIpc) is 2.79. The van der Waals surface area contributed by atoms with Crippen LogP contribution < -0.4 is 19.6 Å². The molecule has 0 fully saturated rings. The minimum absolute atomic E-state index is 0.256. The van der Waals surface area contributed by atoms with Gasteiger partial charge in [0.25, 0.3) is 5.91 Å². The van der Waals surface area contributed by atoms with Crippen LogP contribution in [0.4, 0.5) is 0 Å². The molecule has 1 N–H and O–H groups in total. The Hall–Kier alpha value is -2.49. The maximum Gasteiger partial charge on any atom is 0.271 e. The molecule has 0 saturated heterocycles. The summed E-state index contributed by atoms with van der Waals surface area (Å²) >= 11 is 14.3. The second-order valence-electron chi connectivity index (χ2n) is 6.49. The van der Waals surface area contributed by atoms with Gasteiger partial charge in [0.15, 0.2) is 11.5 Å². The number of amides is 1. The third-order valence-electron chi connectivity index (χ3n) is 4.35. The van der Waals surface area contributed by atoms with Crippen molar-refractivity contribution in [3.63, 3.8) is 0 Å². The number of methoxy groups -OCH3 is 2. The van der Waals surface area contributed by atoms with E-state index < -0.39 is 0 Å². The fourth-order valence-electron chi connectivity index (χ4n) is 2.74. The maximum atomic E-state index is 12.3. The number of hydrogen-bond donors (Lipinski definition) is 1. The molecule has 0 saturated carbocycles. The lowest BCUT2D eigenvalue weighted by atomic mass is 10.2. The molecule has 0 aromatic heterocycles. The fraction of sp³-hybridized carbons (Fsp3) is 0.130. The number of hydrogen-bond acceptors (Lipinski definition) is 5. The highest BCUT2D eigenvalue weighted by Gasteiger charge is 2.13. The van der Waals surface area contributed by atoms with Gasteiger partial charge in [0.1, 0.15) is 12.4 Å². The zero-order chi connectivity index (χ0) is 23.1. The van der Waals surface area contributed by atoms with Crippen LogP contribution in [0.5, 0.6) is 17.2 Å². The van der Waals surface area contributed by atoms with E-state index in [4.69, 9.17) is 37.4 Å². The molecule has 0 aliphatic heterocycles. The lowest BCUT2D eigenvalue weighted by Gasteiger charge is -2.14. The van der Waals surface area contributed by atoms with Crippen LogP contribution in [0.15, 0.2) is 59.7 Å². The first kappa shape index (κ1) is 24.2. The minimum Gasteiger partial charge on any atom is -0.497 e. The highest BCUT2D eigenvalue weighted by molar-refractivity contribution is 14.1. The number of rotatable bonds is 8. The Morgan fingerprint density at radius 1 is 1.09 bits per heavy atom. The Bertz CT molecular complexity index is 1150. The standard InChI is InChI=1S/C23H19Cl2IN2O4/c1-30-18-5-3-4-15(10-18)23(29)28-27-12-14-8-20(26)22(21(9-14)31-2)32-13-16-6-7-17(24)11-19(16)25/h3-12H,13H2,1-2H3,(H,28,29)/b27-12-.